The number of nitrogens with one attached hydrogen (secondary N) is 2. The van der Waals surface area contributed by atoms with Crippen molar-refractivity contribution in [3.8, 4) is 0 Å². The first-order chi connectivity index (χ1) is 9.65. The van der Waals surface area contributed by atoms with E-state index in [2.05, 4.69) is 20.9 Å². The first kappa shape index (κ1) is 13.1. The zero-order valence-corrected chi connectivity index (χ0v) is 11.7. The smallest absolute Gasteiger partial charge is 0.277 e. The Labute approximate surface area is 121 Å². The van der Waals surface area contributed by atoms with Gasteiger partial charge in [-0.3, -0.25) is 4.79 Å². The summed E-state index contributed by atoms with van der Waals surface area (Å²) in [6.45, 7) is 3.60. The minimum Gasteiger partial charge on any atom is -0.319 e. The molecule has 104 valence electrons. The summed E-state index contributed by atoms with van der Waals surface area (Å²) in [5.41, 5.74) is 1.80. The Morgan fingerprint density at radius 2 is 2.30 bits per heavy atom. The van der Waals surface area contributed by atoms with Gasteiger partial charge in [-0.1, -0.05) is 28.9 Å². The minimum absolute atomic E-state index is 0.283. The molecule has 1 amide bonds. The highest BCUT2D eigenvalue weighted by molar-refractivity contribution is 6.34. The lowest BCUT2D eigenvalue weighted by atomic mass is 10.2. The zero-order valence-electron chi connectivity index (χ0n) is 10.9. The first-order valence-electron chi connectivity index (χ1n) is 6.34. The maximum absolute atomic E-state index is 12.2. The molecule has 1 saturated heterocycles. The number of amides is 1. The molecule has 1 aromatic carbocycles. The summed E-state index contributed by atoms with van der Waals surface area (Å²) in [5.74, 6) is -0.306. The Hall–Kier alpha value is -1.92. The number of halogens is 1. The number of hydrogen-bond donors (Lipinski definition) is 2. The summed E-state index contributed by atoms with van der Waals surface area (Å²) in [7, 11) is 0. The Morgan fingerprint density at radius 1 is 1.50 bits per heavy atom. The van der Waals surface area contributed by atoms with Crippen molar-refractivity contribution >= 4 is 23.2 Å². The van der Waals surface area contributed by atoms with E-state index in [1.165, 1.54) is 0 Å². The summed E-state index contributed by atoms with van der Waals surface area (Å²) in [4.78, 5) is 12.2. The molecule has 6 nitrogen and oxygen atoms in total. The van der Waals surface area contributed by atoms with Crippen molar-refractivity contribution in [1.29, 1.82) is 0 Å². The van der Waals surface area contributed by atoms with Crippen molar-refractivity contribution in [2.45, 2.75) is 13.0 Å². The van der Waals surface area contributed by atoms with Gasteiger partial charge in [-0.05, 0) is 18.6 Å². The molecule has 7 heteroatoms. The fraction of sp³-hybridized carbons (Fsp3) is 0.308. The van der Waals surface area contributed by atoms with Crippen LogP contribution in [0.4, 0.5) is 5.69 Å². The van der Waals surface area contributed by atoms with E-state index in [1.54, 1.807) is 16.9 Å². The number of aryl methyl sites for hydroxylation is 1. The summed E-state index contributed by atoms with van der Waals surface area (Å²) in [6.07, 6.45) is 1.66. The molecular formula is C13H14ClN5O. The highest BCUT2D eigenvalue weighted by Crippen LogP contribution is 2.25. The van der Waals surface area contributed by atoms with Gasteiger partial charge in [0, 0.05) is 13.1 Å². The van der Waals surface area contributed by atoms with Crippen LogP contribution >= 0.6 is 11.6 Å². The van der Waals surface area contributed by atoms with Crippen molar-refractivity contribution in [1.82, 2.24) is 20.3 Å². The highest BCUT2D eigenvalue weighted by atomic mass is 35.5. The minimum atomic E-state index is -0.306. The highest BCUT2D eigenvalue weighted by Gasteiger charge is 2.22. The van der Waals surface area contributed by atoms with Crippen LogP contribution in [0.1, 0.15) is 22.1 Å². The number of benzene rings is 1. The summed E-state index contributed by atoms with van der Waals surface area (Å²) < 4.78 is 1.71. The Morgan fingerprint density at radius 3 is 2.95 bits per heavy atom. The molecule has 2 heterocycles. The van der Waals surface area contributed by atoms with Gasteiger partial charge in [0.25, 0.3) is 5.91 Å². The second kappa shape index (κ2) is 5.22. The summed E-state index contributed by atoms with van der Waals surface area (Å²) >= 11 is 6.08. The number of nitrogens with zero attached hydrogens (tertiary/aromatic N) is 3. The molecule has 20 heavy (non-hydrogen) atoms. The van der Waals surface area contributed by atoms with Crippen LogP contribution in [0, 0.1) is 6.92 Å². The van der Waals surface area contributed by atoms with Crippen molar-refractivity contribution in [3.63, 3.8) is 0 Å². The maximum atomic E-state index is 12.2. The van der Waals surface area contributed by atoms with Gasteiger partial charge < -0.3 is 10.6 Å². The molecule has 2 N–H and O–H groups in total. The van der Waals surface area contributed by atoms with Crippen LogP contribution in [-0.4, -0.2) is 34.0 Å². The molecule has 1 aliphatic heterocycles. The second-order valence-corrected chi connectivity index (χ2v) is 5.19. The molecule has 0 radical (unpaired) electrons. The van der Waals surface area contributed by atoms with Gasteiger partial charge >= 0.3 is 0 Å². The average molecular weight is 292 g/mol. The van der Waals surface area contributed by atoms with Gasteiger partial charge in [0.2, 0.25) is 0 Å². The Kier molecular flexibility index (Phi) is 3.42. The van der Waals surface area contributed by atoms with Gasteiger partial charge in [-0.2, -0.15) is 0 Å². The molecule has 0 spiro atoms. The van der Waals surface area contributed by atoms with Gasteiger partial charge in [-0.15, -0.1) is 5.10 Å². The molecule has 0 aliphatic carbocycles. The average Bonchev–Trinajstić information content (AvgIpc) is 2.81. The van der Waals surface area contributed by atoms with Crippen molar-refractivity contribution in [2.75, 3.05) is 18.4 Å². The summed E-state index contributed by atoms with van der Waals surface area (Å²) in [5, 5.41) is 14.3. The lowest BCUT2D eigenvalue weighted by molar-refractivity contribution is 0.102. The topological polar surface area (TPSA) is 71.8 Å². The van der Waals surface area contributed by atoms with Crippen LogP contribution in [0.15, 0.2) is 24.4 Å². The predicted octanol–water partition coefficient (Wildman–Crippen LogP) is 1.64. The fourth-order valence-electron chi connectivity index (χ4n) is 1.99. The molecule has 0 saturated carbocycles. The first-order valence-corrected chi connectivity index (χ1v) is 6.72. The van der Waals surface area contributed by atoms with Crippen LogP contribution < -0.4 is 10.6 Å². The van der Waals surface area contributed by atoms with Gasteiger partial charge in [0.15, 0.2) is 5.69 Å². The van der Waals surface area contributed by atoms with Crippen LogP contribution in [0.3, 0.4) is 0 Å². The van der Waals surface area contributed by atoms with E-state index in [0.717, 1.165) is 18.7 Å². The molecular weight excluding hydrogens is 278 g/mol. The Bertz CT molecular complexity index is 630. The van der Waals surface area contributed by atoms with Crippen molar-refractivity contribution < 1.29 is 4.79 Å². The number of anilines is 1. The van der Waals surface area contributed by atoms with Crippen molar-refractivity contribution in [2.24, 2.45) is 0 Å². The molecule has 3 rings (SSSR count). The van der Waals surface area contributed by atoms with E-state index in [9.17, 15) is 4.79 Å². The molecule has 2 aromatic rings. The van der Waals surface area contributed by atoms with Gasteiger partial charge in [0.05, 0.1) is 22.9 Å². The molecule has 0 atom stereocenters. The van der Waals surface area contributed by atoms with E-state index in [-0.39, 0.29) is 17.6 Å². The van der Waals surface area contributed by atoms with E-state index in [4.69, 9.17) is 11.6 Å². The number of para-hydroxylation sites is 1. The number of carbonyl (C=O) groups is 1. The van der Waals surface area contributed by atoms with Gasteiger partial charge in [0.1, 0.15) is 0 Å². The molecule has 0 unspecified atom stereocenters. The van der Waals surface area contributed by atoms with Gasteiger partial charge in [-0.25, -0.2) is 4.68 Å². The van der Waals surface area contributed by atoms with Crippen molar-refractivity contribution in [3.05, 3.63) is 40.7 Å². The van der Waals surface area contributed by atoms with Crippen LogP contribution in [-0.2, 0) is 0 Å². The number of rotatable bonds is 3. The SMILES string of the molecule is Cc1cccc(Cl)c1NC(=O)c1cn(C2CNC2)nn1. The van der Waals surface area contributed by atoms with E-state index in [0.29, 0.717) is 10.7 Å². The second-order valence-electron chi connectivity index (χ2n) is 4.78. The van der Waals surface area contributed by atoms with E-state index >= 15 is 0 Å². The van der Waals surface area contributed by atoms with E-state index in [1.807, 2.05) is 19.1 Å². The lowest BCUT2D eigenvalue weighted by Crippen LogP contribution is -2.43. The molecule has 1 aliphatic rings. The van der Waals surface area contributed by atoms with Crippen LogP contribution in [0.25, 0.3) is 0 Å². The third-order valence-electron chi connectivity index (χ3n) is 3.34. The fourth-order valence-corrected chi connectivity index (χ4v) is 2.26. The standard InChI is InChI=1S/C13H14ClN5O/c1-8-3-2-4-10(14)12(8)16-13(20)11-7-19(18-17-11)9-5-15-6-9/h2-4,7,9,15H,5-6H2,1H3,(H,16,20). The number of hydrogen-bond acceptors (Lipinski definition) is 4. The third-order valence-corrected chi connectivity index (χ3v) is 3.65. The number of carbonyl (C=O) groups excluding carboxylic acids is 1. The zero-order chi connectivity index (χ0) is 14.1. The Balaban J connectivity index is 1.77. The van der Waals surface area contributed by atoms with E-state index < -0.39 is 0 Å². The third kappa shape index (κ3) is 2.39. The quantitative estimate of drug-likeness (QED) is 0.902. The molecule has 1 aromatic heterocycles. The van der Waals surface area contributed by atoms with Crippen LogP contribution in [0.2, 0.25) is 5.02 Å². The molecule has 0 bridgehead atoms. The predicted molar refractivity (Wildman–Crippen MR) is 76.1 cm³/mol. The molecule has 1 fully saturated rings. The largest absolute Gasteiger partial charge is 0.319 e. The monoisotopic (exact) mass is 291 g/mol. The maximum Gasteiger partial charge on any atom is 0.277 e. The van der Waals surface area contributed by atoms with Crippen LogP contribution in [0.5, 0.6) is 0 Å². The number of aromatic nitrogens is 3. The normalized spacial score (nSPS) is 14.9. The lowest BCUT2D eigenvalue weighted by Gasteiger charge is -2.26. The summed E-state index contributed by atoms with van der Waals surface area (Å²) in [6, 6.07) is 5.75.